The molecule has 2 N–H and O–H groups in total. The Bertz CT molecular complexity index is 847. The van der Waals surface area contributed by atoms with Crippen LogP contribution in [0.5, 0.6) is 0 Å². The van der Waals surface area contributed by atoms with Gasteiger partial charge in [-0.05, 0) is 11.6 Å². The van der Waals surface area contributed by atoms with Crippen LogP contribution in [0.4, 0.5) is 0 Å². The second-order valence-electron chi connectivity index (χ2n) is 8.93. The normalized spacial score (nSPS) is 16.9. The molecule has 1 aliphatic heterocycles. The lowest BCUT2D eigenvalue weighted by Crippen LogP contribution is -2.36. The third-order valence-electron chi connectivity index (χ3n) is 6.11. The van der Waals surface area contributed by atoms with Crippen molar-refractivity contribution in [2.45, 2.75) is 18.9 Å². The first-order valence-corrected chi connectivity index (χ1v) is 13.6. The number of carbonyl (C=O) groups is 3. The van der Waals surface area contributed by atoms with Crippen LogP contribution in [0.15, 0.2) is 24.5 Å². The Labute approximate surface area is 236 Å². The predicted molar refractivity (Wildman–Crippen MR) is 144 cm³/mol. The van der Waals surface area contributed by atoms with Crippen LogP contribution in [0.2, 0.25) is 0 Å². The van der Waals surface area contributed by atoms with E-state index < -0.39 is 5.92 Å². The van der Waals surface area contributed by atoms with Crippen molar-refractivity contribution < 1.29 is 42.8 Å². The molecule has 2 atom stereocenters. The average molecular weight is 569 g/mol. The Kier molecular flexibility index (Phi) is 17.7. The minimum atomic E-state index is -0.457. The van der Waals surface area contributed by atoms with E-state index in [2.05, 4.69) is 15.6 Å². The predicted octanol–water partition coefficient (Wildman–Crippen LogP) is -0.0471. The van der Waals surface area contributed by atoms with Crippen molar-refractivity contribution in [1.82, 2.24) is 20.5 Å². The van der Waals surface area contributed by atoms with E-state index in [0.717, 1.165) is 5.56 Å². The van der Waals surface area contributed by atoms with Gasteiger partial charge in [0, 0.05) is 45.9 Å². The molecule has 0 aliphatic carbocycles. The van der Waals surface area contributed by atoms with E-state index in [-0.39, 0.29) is 30.2 Å². The largest absolute Gasteiger partial charge is 0.379 e. The summed E-state index contributed by atoms with van der Waals surface area (Å²) in [7, 11) is 3.31. The van der Waals surface area contributed by atoms with Gasteiger partial charge in [-0.15, -0.1) is 0 Å². The summed E-state index contributed by atoms with van der Waals surface area (Å²) in [4.78, 5) is 41.7. The van der Waals surface area contributed by atoms with Gasteiger partial charge in [-0.25, -0.2) is 0 Å². The van der Waals surface area contributed by atoms with Gasteiger partial charge in [0.25, 0.3) is 0 Å². The van der Waals surface area contributed by atoms with Gasteiger partial charge in [0.05, 0.1) is 91.2 Å². The topological polar surface area (TPSA) is 147 Å². The number of likely N-dealkylation sites (tertiary alicyclic amines) is 1. The molecule has 0 unspecified atom stereocenters. The van der Waals surface area contributed by atoms with Crippen LogP contribution in [-0.2, 0) is 42.8 Å². The van der Waals surface area contributed by atoms with Gasteiger partial charge in [0.1, 0.15) is 0 Å². The maximum atomic E-state index is 12.7. The number of nitrogens with one attached hydrogen (secondary N) is 2. The highest BCUT2D eigenvalue weighted by Crippen LogP contribution is 2.36. The molecular formula is C27H44N4O9. The number of nitrogens with zero attached hydrogens (tertiary/aromatic N) is 2. The molecule has 0 spiro atoms. The van der Waals surface area contributed by atoms with Crippen molar-refractivity contribution in [2.75, 3.05) is 99.9 Å². The maximum Gasteiger partial charge on any atom is 0.226 e. The molecule has 226 valence electrons. The van der Waals surface area contributed by atoms with E-state index in [9.17, 15) is 14.4 Å². The molecule has 40 heavy (non-hydrogen) atoms. The maximum absolute atomic E-state index is 12.7. The fourth-order valence-corrected chi connectivity index (χ4v) is 3.98. The summed E-state index contributed by atoms with van der Waals surface area (Å²) in [6.07, 6.45) is 3.88. The van der Waals surface area contributed by atoms with Gasteiger partial charge in [0.15, 0.2) is 0 Å². The summed E-state index contributed by atoms with van der Waals surface area (Å²) in [5.74, 6) is -0.724. The molecule has 0 radical (unpaired) electrons. The fraction of sp³-hybridized carbons (Fsp3) is 0.704. The number of ether oxygens (including phenoxy) is 6. The summed E-state index contributed by atoms with van der Waals surface area (Å²) in [5.41, 5.74) is 0.848. The number of hydrogen-bond acceptors (Lipinski definition) is 10. The number of hydrogen-bond donors (Lipinski definition) is 2. The Hall–Kier alpha value is -2.68. The van der Waals surface area contributed by atoms with Crippen LogP contribution < -0.4 is 10.6 Å². The number of carbonyl (C=O) groups excluding carboxylic acids is 3. The first-order valence-electron chi connectivity index (χ1n) is 13.6. The molecule has 0 aromatic carbocycles. The fourth-order valence-electron chi connectivity index (χ4n) is 3.98. The van der Waals surface area contributed by atoms with E-state index in [0.29, 0.717) is 92.2 Å². The summed E-state index contributed by atoms with van der Waals surface area (Å²) >= 11 is 0. The minimum absolute atomic E-state index is 0.0446. The molecular weight excluding hydrogens is 524 g/mol. The third kappa shape index (κ3) is 13.6. The number of amides is 3. The van der Waals surface area contributed by atoms with E-state index in [1.165, 1.54) is 0 Å². The van der Waals surface area contributed by atoms with Gasteiger partial charge < -0.3 is 44.0 Å². The van der Waals surface area contributed by atoms with Crippen LogP contribution in [-0.4, -0.2) is 128 Å². The number of pyridine rings is 1. The minimum Gasteiger partial charge on any atom is -0.379 e. The van der Waals surface area contributed by atoms with Crippen LogP contribution in [0.1, 0.15) is 24.4 Å². The first-order chi connectivity index (χ1) is 19.5. The molecule has 1 aliphatic rings. The van der Waals surface area contributed by atoms with E-state index in [1.807, 2.05) is 6.07 Å². The number of rotatable bonds is 23. The van der Waals surface area contributed by atoms with E-state index >= 15 is 0 Å². The summed E-state index contributed by atoms with van der Waals surface area (Å²) < 4.78 is 32.5. The molecule has 13 nitrogen and oxygen atoms in total. The Morgan fingerprint density at radius 3 is 1.90 bits per heavy atom. The monoisotopic (exact) mass is 568 g/mol. The van der Waals surface area contributed by atoms with Gasteiger partial charge in [-0.3, -0.25) is 19.4 Å². The molecule has 2 heterocycles. The molecule has 0 saturated carbocycles. The van der Waals surface area contributed by atoms with E-state index in [4.69, 9.17) is 28.4 Å². The highest BCUT2D eigenvalue weighted by Gasteiger charge is 2.42. The molecule has 1 saturated heterocycles. The summed E-state index contributed by atoms with van der Waals surface area (Å²) in [6, 6.07) is 3.37. The van der Waals surface area contributed by atoms with Crippen LogP contribution in [0, 0.1) is 5.92 Å². The zero-order chi connectivity index (χ0) is 28.8. The van der Waals surface area contributed by atoms with Gasteiger partial charge in [-0.1, -0.05) is 6.07 Å². The van der Waals surface area contributed by atoms with Gasteiger partial charge in [-0.2, -0.15) is 0 Å². The summed E-state index contributed by atoms with van der Waals surface area (Å²) in [6.45, 7) is 5.58. The lowest BCUT2D eigenvalue weighted by Gasteiger charge is -2.24. The van der Waals surface area contributed by atoms with Crippen molar-refractivity contribution in [3.05, 3.63) is 30.1 Å². The van der Waals surface area contributed by atoms with E-state index in [1.54, 1.807) is 37.5 Å². The van der Waals surface area contributed by atoms with Crippen molar-refractivity contribution in [3.63, 3.8) is 0 Å². The quantitative estimate of drug-likeness (QED) is 0.172. The van der Waals surface area contributed by atoms with Crippen molar-refractivity contribution >= 4 is 17.7 Å². The SMILES string of the molecule is CNC(=O)CCOCCOCCOCCOCCOCCOCCNC(=O)[C@H]1CC(=O)N(C)[C@@H]1c1cccnc1. The second-order valence-corrected chi connectivity index (χ2v) is 8.93. The molecule has 1 aromatic heterocycles. The Morgan fingerprint density at radius 1 is 0.875 bits per heavy atom. The first kappa shape index (κ1) is 33.5. The smallest absolute Gasteiger partial charge is 0.226 e. The van der Waals surface area contributed by atoms with Crippen LogP contribution >= 0.6 is 0 Å². The van der Waals surface area contributed by atoms with Crippen LogP contribution in [0.25, 0.3) is 0 Å². The van der Waals surface area contributed by atoms with Crippen LogP contribution in [0.3, 0.4) is 0 Å². The Morgan fingerprint density at radius 2 is 1.40 bits per heavy atom. The van der Waals surface area contributed by atoms with Crippen molar-refractivity contribution in [1.29, 1.82) is 0 Å². The lowest BCUT2D eigenvalue weighted by molar-refractivity contribution is -0.128. The molecule has 1 aromatic rings. The highest BCUT2D eigenvalue weighted by atomic mass is 16.6. The third-order valence-corrected chi connectivity index (χ3v) is 6.11. The number of aromatic nitrogens is 1. The average Bonchev–Trinajstić information content (AvgIpc) is 3.27. The summed E-state index contributed by atoms with van der Waals surface area (Å²) in [5, 5.41) is 5.40. The van der Waals surface area contributed by atoms with Gasteiger partial charge >= 0.3 is 0 Å². The van der Waals surface area contributed by atoms with Crippen molar-refractivity contribution in [2.24, 2.45) is 5.92 Å². The Balaban J connectivity index is 1.34. The zero-order valence-electron chi connectivity index (χ0n) is 23.6. The highest BCUT2D eigenvalue weighted by molar-refractivity contribution is 5.90. The lowest BCUT2D eigenvalue weighted by atomic mass is 9.94. The molecule has 2 rings (SSSR count). The standard InChI is InChI=1S/C27H44N4O9/c1-28-24(32)5-8-35-10-12-37-14-16-39-18-19-40-17-15-38-13-11-36-9-7-30-27(34)23-20-25(33)31(2)26(23)22-4-3-6-29-21-22/h3-4,6,21,23,26H,5,7-20H2,1-2H3,(H,28,32)(H,30,34)/t23-,26+/m0/s1. The molecule has 3 amide bonds. The van der Waals surface area contributed by atoms with Crippen molar-refractivity contribution in [3.8, 4) is 0 Å². The molecule has 0 bridgehead atoms. The second kappa shape index (κ2) is 21.1. The molecule has 13 heteroatoms. The molecule has 1 fully saturated rings. The zero-order valence-corrected chi connectivity index (χ0v) is 23.6. The van der Waals surface area contributed by atoms with Gasteiger partial charge in [0.2, 0.25) is 17.7 Å².